The van der Waals surface area contributed by atoms with E-state index in [0.29, 0.717) is 23.4 Å². The van der Waals surface area contributed by atoms with Crippen molar-refractivity contribution in [2.75, 3.05) is 5.32 Å². The second kappa shape index (κ2) is 5.27. The van der Waals surface area contributed by atoms with Crippen molar-refractivity contribution in [1.82, 2.24) is 14.8 Å². The minimum Gasteiger partial charge on any atom is -0.506 e. The molecule has 0 aliphatic carbocycles. The van der Waals surface area contributed by atoms with E-state index in [1.165, 1.54) is 0 Å². The summed E-state index contributed by atoms with van der Waals surface area (Å²) in [6, 6.07) is 0. The molecule has 0 aromatic carbocycles. The summed E-state index contributed by atoms with van der Waals surface area (Å²) >= 11 is 0. The lowest BCUT2D eigenvalue weighted by molar-refractivity contribution is 0.279. The molecule has 0 saturated carbocycles. The number of hydrogen-bond acceptors (Lipinski definition) is 5. The molecule has 0 radical (unpaired) electrons. The van der Waals surface area contributed by atoms with Crippen LogP contribution in [-0.4, -0.2) is 25.0 Å². The molecule has 0 aliphatic rings. The Labute approximate surface area is 111 Å². The molecule has 0 spiro atoms. The predicted molar refractivity (Wildman–Crippen MR) is 71.8 cm³/mol. The standard InChI is InChI=1S/C13H18N4O2/c1-8-12(6-17(3)16-8)15-5-11-10(7-18)4-14-9(2)13(11)19/h4,6,15,18-19H,5,7H2,1-3H3. The molecule has 0 bridgehead atoms. The number of nitrogens with zero attached hydrogens (tertiary/aromatic N) is 3. The number of anilines is 1. The Kier molecular flexibility index (Phi) is 3.71. The van der Waals surface area contributed by atoms with E-state index in [9.17, 15) is 10.2 Å². The summed E-state index contributed by atoms with van der Waals surface area (Å²) in [5.74, 6) is 0.126. The Morgan fingerprint density at radius 2 is 2.05 bits per heavy atom. The van der Waals surface area contributed by atoms with Gasteiger partial charge < -0.3 is 15.5 Å². The number of hydrogen-bond donors (Lipinski definition) is 3. The summed E-state index contributed by atoms with van der Waals surface area (Å²) in [5, 5.41) is 26.8. The molecule has 0 amide bonds. The van der Waals surface area contributed by atoms with Gasteiger partial charge in [-0.15, -0.1) is 0 Å². The Morgan fingerprint density at radius 1 is 1.32 bits per heavy atom. The smallest absolute Gasteiger partial charge is 0.142 e. The van der Waals surface area contributed by atoms with Crippen LogP contribution in [0.4, 0.5) is 5.69 Å². The average molecular weight is 262 g/mol. The van der Waals surface area contributed by atoms with Crippen molar-refractivity contribution < 1.29 is 10.2 Å². The first kappa shape index (κ1) is 13.4. The molecule has 0 unspecified atom stereocenters. The minimum atomic E-state index is -0.149. The first-order chi connectivity index (χ1) is 9.02. The average Bonchev–Trinajstić information content (AvgIpc) is 2.69. The van der Waals surface area contributed by atoms with Crippen molar-refractivity contribution in [3.63, 3.8) is 0 Å². The van der Waals surface area contributed by atoms with Crippen LogP contribution in [0.25, 0.3) is 0 Å². The van der Waals surface area contributed by atoms with Gasteiger partial charge in [0.25, 0.3) is 0 Å². The van der Waals surface area contributed by atoms with Crippen LogP contribution in [0.15, 0.2) is 12.4 Å². The van der Waals surface area contributed by atoms with E-state index < -0.39 is 0 Å². The van der Waals surface area contributed by atoms with E-state index in [2.05, 4.69) is 15.4 Å². The highest BCUT2D eigenvalue weighted by Gasteiger charge is 2.12. The molecule has 6 heteroatoms. The molecule has 19 heavy (non-hydrogen) atoms. The number of rotatable bonds is 4. The normalized spacial score (nSPS) is 10.7. The highest BCUT2D eigenvalue weighted by atomic mass is 16.3. The lowest BCUT2D eigenvalue weighted by atomic mass is 10.1. The molecule has 0 atom stereocenters. The fraction of sp³-hybridized carbons (Fsp3) is 0.385. The SMILES string of the molecule is Cc1nn(C)cc1NCc1c(CO)cnc(C)c1O. The molecule has 0 aliphatic heterocycles. The number of pyridine rings is 1. The molecule has 0 fully saturated rings. The van der Waals surface area contributed by atoms with Crippen molar-refractivity contribution in [1.29, 1.82) is 0 Å². The number of aliphatic hydroxyl groups excluding tert-OH is 1. The van der Waals surface area contributed by atoms with Gasteiger partial charge in [-0.25, -0.2) is 0 Å². The lowest BCUT2D eigenvalue weighted by Gasteiger charge is -2.12. The minimum absolute atomic E-state index is 0.126. The van der Waals surface area contributed by atoms with Crippen LogP contribution in [0.3, 0.4) is 0 Å². The van der Waals surface area contributed by atoms with Crippen molar-refractivity contribution in [2.45, 2.75) is 27.0 Å². The van der Waals surface area contributed by atoms with Crippen molar-refractivity contribution in [2.24, 2.45) is 7.05 Å². The topological polar surface area (TPSA) is 83.2 Å². The Hall–Kier alpha value is -2.08. The van der Waals surface area contributed by atoms with E-state index in [-0.39, 0.29) is 12.4 Å². The highest BCUT2D eigenvalue weighted by Crippen LogP contribution is 2.25. The summed E-state index contributed by atoms with van der Waals surface area (Å²) in [6.07, 6.45) is 3.46. The third kappa shape index (κ3) is 2.68. The zero-order valence-corrected chi connectivity index (χ0v) is 11.3. The third-order valence-corrected chi connectivity index (χ3v) is 3.07. The molecule has 2 aromatic rings. The Balaban J connectivity index is 2.24. The zero-order chi connectivity index (χ0) is 14.0. The molecule has 3 N–H and O–H groups in total. The van der Waals surface area contributed by atoms with Gasteiger partial charge in [-0.1, -0.05) is 0 Å². The fourth-order valence-corrected chi connectivity index (χ4v) is 1.97. The largest absolute Gasteiger partial charge is 0.506 e. The molecular weight excluding hydrogens is 244 g/mol. The molecule has 2 rings (SSSR count). The number of aryl methyl sites for hydroxylation is 3. The van der Waals surface area contributed by atoms with Crippen molar-refractivity contribution in [3.05, 3.63) is 34.9 Å². The summed E-state index contributed by atoms with van der Waals surface area (Å²) in [7, 11) is 1.85. The third-order valence-electron chi connectivity index (χ3n) is 3.07. The number of aromatic hydroxyl groups is 1. The molecular formula is C13H18N4O2. The Bertz CT molecular complexity index is 593. The summed E-state index contributed by atoms with van der Waals surface area (Å²) in [5.41, 5.74) is 3.63. The van der Waals surface area contributed by atoms with E-state index in [1.807, 2.05) is 20.2 Å². The van der Waals surface area contributed by atoms with Gasteiger partial charge in [-0.2, -0.15) is 5.10 Å². The molecule has 2 aromatic heterocycles. The van der Waals surface area contributed by atoms with Crippen LogP contribution in [0.1, 0.15) is 22.5 Å². The first-order valence-electron chi connectivity index (χ1n) is 6.04. The van der Waals surface area contributed by atoms with Gasteiger partial charge >= 0.3 is 0 Å². The fourth-order valence-electron chi connectivity index (χ4n) is 1.97. The van der Waals surface area contributed by atoms with Crippen LogP contribution in [0, 0.1) is 13.8 Å². The van der Waals surface area contributed by atoms with Crippen molar-refractivity contribution >= 4 is 5.69 Å². The van der Waals surface area contributed by atoms with E-state index in [1.54, 1.807) is 17.8 Å². The van der Waals surface area contributed by atoms with Crippen LogP contribution in [-0.2, 0) is 20.2 Å². The molecule has 6 nitrogen and oxygen atoms in total. The number of aliphatic hydroxyl groups is 1. The van der Waals surface area contributed by atoms with Crippen molar-refractivity contribution in [3.8, 4) is 5.75 Å². The van der Waals surface area contributed by atoms with Gasteiger partial charge in [-0.3, -0.25) is 9.67 Å². The van der Waals surface area contributed by atoms with E-state index in [0.717, 1.165) is 11.4 Å². The van der Waals surface area contributed by atoms with E-state index in [4.69, 9.17) is 0 Å². The van der Waals surface area contributed by atoms with Gasteiger partial charge in [0.05, 0.1) is 23.7 Å². The molecule has 2 heterocycles. The Morgan fingerprint density at radius 3 is 2.63 bits per heavy atom. The van der Waals surface area contributed by atoms with Gasteiger partial charge in [0, 0.05) is 37.1 Å². The second-order valence-corrected chi connectivity index (χ2v) is 4.51. The zero-order valence-electron chi connectivity index (χ0n) is 11.3. The van der Waals surface area contributed by atoms with Gasteiger partial charge in [0.2, 0.25) is 0 Å². The van der Waals surface area contributed by atoms with E-state index >= 15 is 0 Å². The maximum atomic E-state index is 10.0. The van der Waals surface area contributed by atoms with Gasteiger partial charge in [-0.05, 0) is 13.8 Å². The highest BCUT2D eigenvalue weighted by molar-refractivity contribution is 5.49. The van der Waals surface area contributed by atoms with Gasteiger partial charge in [0.15, 0.2) is 0 Å². The van der Waals surface area contributed by atoms with Crippen LogP contribution in [0.2, 0.25) is 0 Å². The quantitative estimate of drug-likeness (QED) is 0.772. The van der Waals surface area contributed by atoms with Crippen LogP contribution < -0.4 is 5.32 Å². The maximum Gasteiger partial charge on any atom is 0.142 e. The maximum absolute atomic E-state index is 10.0. The number of nitrogens with one attached hydrogen (secondary N) is 1. The number of aromatic nitrogens is 3. The molecule has 102 valence electrons. The van der Waals surface area contributed by atoms with Gasteiger partial charge in [0.1, 0.15) is 5.75 Å². The first-order valence-corrected chi connectivity index (χ1v) is 6.04. The summed E-state index contributed by atoms with van der Waals surface area (Å²) in [6.45, 7) is 3.91. The second-order valence-electron chi connectivity index (χ2n) is 4.51. The lowest BCUT2D eigenvalue weighted by Crippen LogP contribution is -2.05. The monoisotopic (exact) mass is 262 g/mol. The predicted octanol–water partition coefficient (Wildman–Crippen LogP) is 1.24. The summed E-state index contributed by atoms with van der Waals surface area (Å²) in [4.78, 5) is 4.03. The van der Waals surface area contributed by atoms with Crippen LogP contribution >= 0.6 is 0 Å². The van der Waals surface area contributed by atoms with Crippen LogP contribution in [0.5, 0.6) is 5.75 Å². The molecule has 0 saturated heterocycles. The summed E-state index contributed by atoms with van der Waals surface area (Å²) < 4.78 is 1.72.